The monoisotopic (exact) mass is 271 g/mol. The van der Waals surface area contributed by atoms with Crippen molar-refractivity contribution in [2.24, 2.45) is 5.92 Å². The van der Waals surface area contributed by atoms with E-state index in [9.17, 15) is 4.79 Å². The number of hydrogen-bond donors (Lipinski definition) is 0. The Hall–Kier alpha value is -2.30. The topological polar surface area (TPSA) is 47.4 Å². The van der Waals surface area contributed by atoms with Crippen molar-refractivity contribution >= 4 is 11.6 Å². The lowest BCUT2D eigenvalue weighted by Gasteiger charge is -2.18. The molecule has 0 N–H and O–H groups in total. The van der Waals surface area contributed by atoms with Crippen LogP contribution in [0.5, 0.6) is 5.75 Å². The zero-order valence-electron chi connectivity index (χ0n) is 11.8. The van der Waals surface area contributed by atoms with Crippen molar-refractivity contribution < 1.29 is 9.53 Å². The summed E-state index contributed by atoms with van der Waals surface area (Å²) in [6.07, 6.45) is 3.75. The molecule has 104 valence electrons. The normalized spacial score (nSPS) is 18.4. The van der Waals surface area contributed by atoms with Gasteiger partial charge in [0.1, 0.15) is 5.75 Å². The maximum Gasteiger partial charge on any atom is 0.233 e. The third-order valence-corrected chi connectivity index (χ3v) is 3.52. The molecule has 0 spiro atoms. The SMILES string of the molecule is Cc1cnn(-c2ccc3c(c2)N(C)C(=O)[C@@H](C)CO3)c1. The van der Waals surface area contributed by atoms with E-state index in [1.54, 1.807) is 22.8 Å². The van der Waals surface area contributed by atoms with Crippen LogP contribution < -0.4 is 9.64 Å². The largest absolute Gasteiger partial charge is 0.491 e. The van der Waals surface area contributed by atoms with E-state index >= 15 is 0 Å². The fourth-order valence-corrected chi connectivity index (χ4v) is 2.32. The first kappa shape index (κ1) is 12.7. The van der Waals surface area contributed by atoms with Gasteiger partial charge in [-0.3, -0.25) is 4.79 Å². The average Bonchev–Trinajstić information content (AvgIpc) is 2.85. The lowest BCUT2D eigenvalue weighted by Crippen LogP contribution is -2.31. The molecule has 1 aliphatic rings. The van der Waals surface area contributed by atoms with Gasteiger partial charge < -0.3 is 9.64 Å². The van der Waals surface area contributed by atoms with Crippen LogP contribution >= 0.6 is 0 Å². The third-order valence-electron chi connectivity index (χ3n) is 3.52. The van der Waals surface area contributed by atoms with Gasteiger partial charge in [0.2, 0.25) is 5.91 Å². The lowest BCUT2D eigenvalue weighted by atomic mass is 10.1. The molecule has 1 aromatic carbocycles. The molecule has 0 saturated heterocycles. The molecule has 0 aliphatic carbocycles. The molecule has 2 aromatic rings. The van der Waals surface area contributed by atoms with E-state index in [1.807, 2.05) is 38.2 Å². The second-order valence-corrected chi connectivity index (χ2v) is 5.22. The van der Waals surface area contributed by atoms with Gasteiger partial charge >= 0.3 is 0 Å². The first-order chi connectivity index (χ1) is 9.56. The summed E-state index contributed by atoms with van der Waals surface area (Å²) >= 11 is 0. The van der Waals surface area contributed by atoms with Gasteiger partial charge in [-0.15, -0.1) is 0 Å². The van der Waals surface area contributed by atoms with Crippen molar-refractivity contribution in [2.45, 2.75) is 13.8 Å². The van der Waals surface area contributed by atoms with Crippen molar-refractivity contribution in [3.63, 3.8) is 0 Å². The molecule has 0 saturated carbocycles. The molecule has 0 bridgehead atoms. The van der Waals surface area contributed by atoms with E-state index in [0.717, 1.165) is 22.7 Å². The van der Waals surface area contributed by atoms with E-state index in [0.29, 0.717) is 6.61 Å². The zero-order valence-corrected chi connectivity index (χ0v) is 11.8. The van der Waals surface area contributed by atoms with Crippen LogP contribution in [0.3, 0.4) is 0 Å². The summed E-state index contributed by atoms with van der Waals surface area (Å²) in [5, 5.41) is 4.29. The predicted molar refractivity (Wildman–Crippen MR) is 76.4 cm³/mol. The number of anilines is 1. The fraction of sp³-hybridized carbons (Fsp3) is 0.333. The number of aromatic nitrogens is 2. The maximum atomic E-state index is 12.2. The van der Waals surface area contributed by atoms with Gasteiger partial charge in [0.15, 0.2) is 0 Å². The van der Waals surface area contributed by atoms with Crippen LogP contribution in [0.1, 0.15) is 12.5 Å². The minimum atomic E-state index is -0.136. The second kappa shape index (κ2) is 4.67. The third kappa shape index (κ3) is 2.05. The first-order valence-electron chi connectivity index (χ1n) is 6.62. The number of carbonyl (C=O) groups excluding carboxylic acids is 1. The number of rotatable bonds is 1. The van der Waals surface area contributed by atoms with Crippen molar-refractivity contribution in [1.82, 2.24) is 9.78 Å². The number of carbonyl (C=O) groups is 1. The summed E-state index contributed by atoms with van der Waals surface area (Å²) in [7, 11) is 1.78. The highest BCUT2D eigenvalue weighted by molar-refractivity contribution is 5.96. The minimum Gasteiger partial charge on any atom is -0.491 e. The van der Waals surface area contributed by atoms with Gasteiger partial charge in [-0.2, -0.15) is 5.10 Å². The summed E-state index contributed by atoms with van der Waals surface area (Å²) in [5.41, 5.74) is 2.79. The number of hydrogen-bond acceptors (Lipinski definition) is 3. The van der Waals surface area contributed by atoms with Gasteiger partial charge in [0.05, 0.1) is 30.1 Å². The summed E-state index contributed by atoms with van der Waals surface area (Å²) in [6, 6.07) is 5.76. The molecule has 5 heteroatoms. The zero-order chi connectivity index (χ0) is 14.3. The second-order valence-electron chi connectivity index (χ2n) is 5.22. The molecule has 1 aliphatic heterocycles. The van der Waals surface area contributed by atoms with Crippen LogP contribution in [0.2, 0.25) is 0 Å². The van der Waals surface area contributed by atoms with Gasteiger partial charge in [-0.25, -0.2) is 4.68 Å². The number of benzene rings is 1. The highest BCUT2D eigenvalue weighted by Gasteiger charge is 2.26. The molecule has 1 aromatic heterocycles. The summed E-state index contributed by atoms with van der Waals surface area (Å²) in [5.74, 6) is 0.665. The van der Waals surface area contributed by atoms with Crippen molar-refractivity contribution in [3.8, 4) is 11.4 Å². The standard InChI is InChI=1S/C15H17N3O2/c1-10-7-16-18(8-10)12-4-5-14-13(6-12)17(3)15(19)11(2)9-20-14/h4-8,11H,9H2,1-3H3/t11-/m0/s1. The number of amides is 1. The van der Waals surface area contributed by atoms with Gasteiger partial charge in [0, 0.05) is 13.2 Å². The van der Waals surface area contributed by atoms with Gasteiger partial charge in [0.25, 0.3) is 0 Å². The molecule has 20 heavy (non-hydrogen) atoms. The number of ether oxygens (including phenoxy) is 1. The Labute approximate surface area is 117 Å². The minimum absolute atomic E-state index is 0.0672. The lowest BCUT2D eigenvalue weighted by molar-refractivity contribution is -0.122. The van der Waals surface area contributed by atoms with E-state index < -0.39 is 0 Å². The molecule has 1 atom stereocenters. The molecule has 0 fully saturated rings. The Balaban J connectivity index is 2.06. The van der Waals surface area contributed by atoms with Crippen molar-refractivity contribution in [2.75, 3.05) is 18.6 Å². The molecule has 1 amide bonds. The predicted octanol–water partition coefficient (Wildman–Crippen LogP) is 2.17. The summed E-state index contributed by atoms with van der Waals surface area (Å²) in [6.45, 7) is 4.28. The Bertz CT molecular complexity index is 663. The summed E-state index contributed by atoms with van der Waals surface area (Å²) < 4.78 is 7.50. The first-order valence-corrected chi connectivity index (χ1v) is 6.62. The quantitative estimate of drug-likeness (QED) is 0.798. The van der Waals surface area contributed by atoms with E-state index in [2.05, 4.69) is 5.10 Å². The molecule has 2 heterocycles. The van der Waals surface area contributed by atoms with Crippen LogP contribution in [-0.4, -0.2) is 29.3 Å². The fourth-order valence-electron chi connectivity index (χ4n) is 2.32. The number of fused-ring (bicyclic) bond motifs is 1. The van der Waals surface area contributed by atoms with Crippen LogP contribution in [0, 0.1) is 12.8 Å². The molecular weight excluding hydrogens is 254 g/mol. The van der Waals surface area contributed by atoms with E-state index in [4.69, 9.17) is 4.74 Å². The maximum absolute atomic E-state index is 12.2. The van der Waals surface area contributed by atoms with E-state index in [-0.39, 0.29) is 11.8 Å². The smallest absolute Gasteiger partial charge is 0.233 e. The van der Waals surface area contributed by atoms with E-state index in [1.165, 1.54) is 0 Å². The van der Waals surface area contributed by atoms with Crippen LogP contribution in [0.4, 0.5) is 5.69 Å². The number of nitrogens with zero attached hydrogens (tertiary/aromatic N) is 3. The molecule has 3 rings (SSSR count). The highest BCUT2D eigenvalue weighted by Crippen LogP contribution is 2.33. The Morgan fingerprint density at radius 3 is 2.90 bits per heavy atom. The van der Waals surface area contributed by atoms with Crippen LogP contribution in [0.15, 0.2) is 30.6 Å². The molecular formula is C15H17N3O2. The van der Waals surface area contributed by atoms with Crippen molar-refractivity contribution in [1.29, 1.82) is 0 Å². The average molecular weight is 271 g/mol. The Morgan fingerprint density at radius 1 is 1.40 bits per heavy atom. The summed E-state index contributed by atoms with van der Waals surface area (Å²) in [4.78, 5) is 13.8. The Kier molecular flexibility index (Phi) is 2.97. The Morgan fingerprint density at radius 2 is 2.20 bits per heavy atom. The van der Waals surface area contributed by atoms with Crippen molar-refractivity contribution in [3.05, 3.63) is 36.2 Å². The van der Waals surface area contributed by atoms with Gasteiger partial charge in [-0.05, 0) is 30.7 Å². The molecule has 0 unspecified atom stereocenters. The highest BCUT2D eigenvalue weighted by atomic mass is 16.5. The van der Waals surface area contributed by atoms with Gasteiger partial charge in [-0.1, -0.05) is 6.92 Å². The molecule has 0 radical (unpaired) electrons. The van der Waals surface area contributed by atoms with Crippen LogP contribution in [0.25, 0.3) is 5.69 Å². The van der Waals surface area contributed by atoms with Crippen LogP contribution in [-0.2, 0) is 4.79 Å². The number of aryl methyl sites for hydroxylation is 1. The molecule has 5 nitrogen and oxygen atoms in total.